The van der Waals surface area contributed by atoms with E-state index in [0.29, 0.717) is 0 Å². The van der Waals surface area contributed by atoms with Crippen molar-refractivity contribution in [2.24, 2.45) is 0 Å². The lowest BCUT2D eigenvalue weighted by molar-refractivity contribution is -0.166. The van der Waals surface area contributed by atoms with Crippen LogP contribution in [0.5, 0.6) is 0 Å². The molecule has 0 aromatic carbocycles. The summed E-state index contributed by atoms with van der Waals surface area (Å²) < 4.78 is 46.9. The van der Waals surface area contributed by atoms with Gasteiger partial charge in [0, 0.05) is 6.92 Å². The summed E-state index contributed by atoms with van der Waals surface area (Å²) in [5.74, 6) is -8.10. The van der Waals surface area contributed by atoms with Gasteiger partial charge in [0.25, 0.3) is 0 Å². The molecule has 0 heterocycles. The average molecular weight is 142 g/mol. The molecule has 0 amide bonds. The molecule has 0 aromatic heterocycles. The van der Waals surface area contributed by atoms with E-state index in [1.165, 1.54) is 0 Å². The first-order valence-corrected chi connectivity index (χ1v) is 2.20. The molecule has 9 heavy (non-hydrogen) atoms. The Bertz CT molecular complexity index is 111. The molecule has 0 bridgehead atoms. The second kappa shape index (κ2) is 2.01. The SMILES string of the molecule is C=CC(F)(F)C(C)(F)F. The third-order valence-electron chi connectivity index (χ3n) is 0.842. The highest BCUT2D eigenvalue weighted by Crippen LogP contribution is 2.33. The fraction of sp³-hybridized carbons (Fsp3) is 0.600. The topological polar surface area (TPSA) is 0 Å². The third kappa shape index (κ3) is 1.69. The van der Waals surface area contributed by atoms with Gasteiger partial charge in [-0.1, -0.05) is 6.58 Å². The van der Waals surface area contributed by atoms with Crippen molar-refractivity contribution in [3.05, 3.63) is 12.7 Å². The largest absolute Gasteiger partial charge is 0.328 e. The highest BCUT2D eigenvalue weighted by Gasteiger charge is 2.49. The zero-order valence-electron chi connectivity index (χ0n) is 4.80. The molecule has 0 nitrogen and oxygen atoms in total. The van der Waals surface area contributed by atoms with E-state index in [0.717, 1.165) is 0 Å². The Kier molecular flexibility index (Phi) is 1.88. The summed E-state index contributed by atoms with van der Waals surface area (Å²) in [6, 6.07) is 0. The van der Waals surface area contributed by atoms with E-state index in [-0.39, 0.29) is 13.0 Å². The maximum absolute atomic E-state index is 11.8. The van der Waals surface area contributed by atoms with Gasteiger partial charge in [-0.2, -0.15) is 17.6 Å². The van der Waals surface area contributed by atoms with Crippen molar-refractivity contribution in [1.29, 1.82) is 0 Å². The van der Waals surface area contributed by atoms with E-state index in [1.54, 1.807) is 0 Å². The molecule has 0 unspecified atom stereocenters. The molecule has 0 saturated heterocycles. The lowest BCUT2D eigenvalue weighted by Gasteiger charge is -2.18. The highest BCUT2D eigenvalue weighted by molar-refractivity contribution is 4.95. The Labute approximate surface area is 50.2 Å². The molecule has 0 aliphatic rings. The molecule has 0 aliphatic carbocycles. The second-order valence-corrected chi connectivity index (χ2v) is 1.72. The van der Waals surface area contributed by atoms with Crippen LogP contribution in [0.4, 0.5) is 17.6 Å². The van der Waals surface area contributed by atoms with Crippen LogP contribution >= 0.6 is 0 Å². The molecule has 0 aliphatic heterocycles. The Morgan fingerprint density at radius 3 is 1.56 bits per heavy atom. The van der Waals surface area contributed by atoms with Crippen LogP contribution < -0.4 is 0 Å². The van der Waals surface area contributed by atoms with Crippen molar-refractivity contribution in [2.45, 2.75) is 18.8 Å². The average Bonchev–Trinajstić information content (AvgIpc) is 1.64. The van der Waals surface area contributed by atoms with Crippen LogP contribution in [0.2, 0.25) is 0 Å². The van der Waals surface area contributed by atoms with Crippen molar-refractivity contribution >= 4 is 0 Å². The first-order valence-electron chi connectivity index (χ1n) is 2.20. The van der Waals surface area contributed by atoms with Gasteiger partial charge in [0.1, 0.15) is 0 Å². The van der Waals surface area contributed by atoms with Crippen LogP contribution in [0.15, 0.2) is 12.7 Å². The zero-order valence-corrected chi connectivity index (χ0v) is 4.80. The molecule has 54 valence electrons. The lowest BCUT2D eigenvalue weighted by atomic mass is 10.2. The van der Waals surface area contributed by atoms with E-state index in [1.807, 2.05) is 0 Å². The van der Waals surface area contributed by atoms with Gasteiger partial charge >= 0.3 is 11.8 Å². The first-order chi connectivity index (χ1) is 3.81. The van der Waals surface area contributed by atoms with Gasteiger partial charge < -0.3 is 0 Å². The van der Waals surface area contributed by atoms with E-state index in [4.69, 9.17) is 0 Å². The normalized spacial score (nSPS) is 13.4. The molecule has 4 heteroatoms. The van der Waals surface area contributed by atoms with Crippen molar-refractivity contribution in [2.75, 3.05) is 0 Å². The van der Waals surface area contributed by atoms with Crippen molar-refractivity contribution in [1.82, 2.24) is 0 Å². The summed E-state index contributed by atoms with van der Waals surface area (Å²) in [5, 5.41) is 0. The molecule has 0 radical (unpaired) electrons. The van der Waals surface area contributed by atoms with Gasteiger partial charge in [0.15, 0.2) is 0 Å². The Morgan fingerprint density at radius 2 is 1.56 bits per heavy atom. The second-order valence-electron chi connectivity index (χ2n) is 1.72. The summed E-state index contributed by atoms with van der Waals surface area (Å²) in [6.45, 7) is 2.72. The summed E-state index contributed by atoms with van der Waals surface area (Å²) in [6.07, 6.45) is -0.0625. The van der Waals surface area contributed by atoms with Crippen molar-refractivity contribution in [3.8, 4) is 0 Å². The highest BCUT2D eigenvalue weighted by atomic mass is 19.3. The molecular formula is C5H6F4. The summed E-state index contributed by atoms with van der Waals surface area (Å²) in [4.78, 5) is 0. The van der Waals surface area contributed by atoms with E-state index >= 15 is 0 Å². The maximum atomic E-state index is 11.8. The van der Waals surface area contributed by atoms with Crippen LogP contribution in [0, 0.1) is 0 Å². The van der Waals surface area contributed by atoms with Gasteiger partial charge in [-0.05, 0) is 6.08 Å². The predicted molar refractivity (Wildman–Crippen MR) is 25.8 cm³/mol. The number of hydrogen-bond donors (Lipinski definition) is 0. The van der Waals surface area contributed by atoms with Crippen LogP contribution in [-0.4, -0.2) is 11.8 Å². The molecule has 0 saturated carbocycles. The Balaban J connectivity index is 4.32. The van der Waals surface area contributed by atoms with Crippen molar-refractivity contribution in [3.63, 3.8) is 0 Å². The molecule has 0 spiro atoms. The lowest BCUT2D eigenvalue weighted by Crippen LogP contribution is -2.34. The maximum Gasteiger partial charge on any atom is 0.328 e. The van der Waals surface area contributed by atoms with Gasteiger partial charge in [0.05, 0.1) is 0 Å². The third-order valence-corrected chi connectivity index (χ3v) is 0.842. The fourth-order valence-corrected chi connectivity index (χ4v) is 0.179. The van der Waals surface area contributed by atoms with Crippen molar-refractivity contribution < 1.29 is 17.6 Å². The van der Waals surface area contributed by atoms with E-state index in [9.17, 15) is 17.6 Å². The minimum atomic E-state index is -4.09. The van der Waals surface area contributed by atoms with Crippen LogP contribution in [0.3, 0.4) is 0 Å². The molecule has 0 rings (SSSR count). The number of alkyl halides is 4. The van der Waals surface area contributed by atoms with E-state index in [2.05, 4.69) is 6.58 Å². The summed E-state index contributed by atoms with van der Waals surface area (Å²) >= 11 is 0. The number of allylic oxidation sites excluding steroid dienone is 1. The predicted octanol–water partition coefficient (Wildman–Crippen LogP) is 2.46. The van der Waals surface area contributed by atoms with E-state index < -0.39 is 11.8 Å². The molecule has 0 aromatic rings. The van der Waals surface area contributed by atoms with Gasteiger partial charge in [-0.25, -0.2) is 0 Å². The zero-order chi connectivity index (χ0) is 7.71. The fourth-order valence-electron chi connectivity index (χ4n) is 0.179. The van der Waals surface area contributed by atoms with Crippen LogP contribution in [0.25, 0.3) is 0 Å². The summed E-state index contributed by atoms with van der Waals surface area (Å²) in [7, 11) is 0. The monoisotopic (exact) mass is 142 g/mol. The minimum Gasteiger partial charge on any atom is -0.200 e. The molecular weight excluding hydrogens is 136 g/mol. The van der Waals surface area contributed by atoms with Crippen LogP contribution in [0.1, 0.15) is 6.92 Å². The Morgan fingerprint density at radius 1 is 1.22 bits per heavy atom. The minimum absolute atomic E-state index is 0.0625. The summed E-state index contributed by atoms with van der Waals surface area (Å²) in [5.41, 5.74) is 0. The number of rotatable bonds is 2. The number of halogens is 4. The van der Waals surface area contributed by atoms with Crippen LogP contribution in [-0.2, 0) is 0 Å². The van der Waals surface area contributed by atoms with Gasteiger partial charge in [-0.3, -0.25) is 0 Å². The number of hydrogen-bond acceptors (Lipinski definition) is 0. The molecule has 0 N–H and O–H groups in total. The van der Waals surface area contributed by atoms with Gasteiger partial charge in [-0.15, -0.1) is 0 Å². The smallest absolute Gasteiger partial charge is 0.200 e. The van der Waals surface area contributed by atoms with Gasteiger partial charge in [0.2, 0.25) is 0 Å². The first kappa shape index (κ1) is 8.46. The Hall–Kier alpha value is -0.540. The standard InChI is InChI=1S/C5H6F4/c1-3-5(8,9)4(2,6)7/h3H,1H2,2H3. The quantitative estimate of drug-likeness (QED) is 0.410. The molecule has 0 fully saturated rings. The molecule has 0 atom stereocenters.